The quantitative estimate of drug-likeness (QED) is 0.663. The fourth-order valence-electron chi connectivity index (χ4n) is 2.12. The van der Waals surface area contributed by atoms with Crippen LogP contribution in [0.15, 0.2) is 24.3 Å². The van der Waals surface area contributed by atoms with E-state index in [0.717, 1.165) is 11.3 Å². The van der Waals surface area contributed by atoms with Gasteiger partial charge in [0, 0.05) is 0 Å². The molecule has 1 heterocycles. The van der Waals surface area contributed by atoms with Crippen molar-refractivity contribution in [1.82, 2.24) is 10.3 Å². The van der Waals surface area contributed by atoms with Crippen LogP contribution in [0.2, 0.25) is 0 Å². The average molecular weight is 364 g/mol. The molecule has 1 aromatic heterocycles. The summed E-state index contributed by atoms with van der Waals surface area (Å²) in [4.78, 5) is 27.2. The zero-order valence-corrected chi connectivity index (χ0v) is 14.9. The molecule has 7 nitrogen and oxygen atoms in total. The summed E-state index contributed by atoms with van der Waals surface area (Å²) in [7, 11) is 0. The molecule has 0 aliphatic carbocycles. The van der Waals surface area contributed by atoms with Gasteiger partial charge in [-0.25, -0.2) is 9.78 Å². The lowest BCUT2D eigenvalue weighted by molar-refractivity contribution is -0.120. The molecule has 0 fully saturated rings. The van der Waals surface area contributed by atoms with Crippen molar-refractivity contribution < 1.29 is 24.2 Å². The van der Waals surface area contributed by atoms with E-state index in [-0.39, 0.29) is 17.2 Å². The summed E-state index contributed by atoms with van der Waals surface area (Å²) in [6.45, 7) is 4.68. The van der Waals surface area contributed by atoms with Gasteiger partial charge < -0.3 is 19.9 Å². The number of aromatic carboxylic acids is 1. The second-order valence-corrected chi connectivity index (χ2v) is 6.17. The van der Waals surface area contributed by atoms with Gasteiger partial charge in [0.2, 0.25) is 5.91 Å². The largest absolute Gasteiger partial charge is 0.490 e. The summed E-state index contributed by atoms with van der Waals surface area (Å²) in [6, 6.07) is 7.34. The number of carbonyl (C=O) groups excluding carboxylic acids is 1. The maximum absolute atomic E-state index is 11.9. The smallest absolute Gasteiger partial charge is 0.347 e. The van der Waals surface area contributed by atoms with Crippen LogP contribution in [0.5, 0.6) is 11.5 Å². The van der Waals surface area contributed by atoms with Gasteiger partial charge in [-0.2, -0.15) is 0 Å². The van der Waals surface area contributed by atoms with Gasteiger partial charge in [0.15, 0.2) is 11.5 Å². The van der Waals surface area contributed by atoms with E-state index < -0.39 is 5.97 Å². The molecule has 25 heavy (non-hydrogen) atoms. The van der Waals surface area contributed by atoms with E-state index in [2.05, 4.69) is 10.3 Å². The van der Waals surface area contributed by atoms with Crippen molar-refractivity contribution >= 4 is 23.2 Å². The number of rotatable bonds is 9. The predicted octanol–water partition coefficient (Wildman–Crippen LogP) is 2.29. The number of hydrogen-bond donors (Lipinski definition) is 2. The maximum Gasteiger partial charge on any atom is 0.347 e. The van der Waals surface area contributed by atoms with Crippen LogP contribution in [0.1, 0.15) is 27.3 Å². The molecule has 0 aliphatic rings. The molecule has 0 unspecified atom stereocenters. The van der Waals surface area contributed by atoms with Crippen molar-refractivity contribution in [2.45, 2.75) is 20.3 Å². The van der Waals surface area contributed by atoms with Crippen molar-refractivity contribution in [3.63, 3.8) is 0 Å². The number of aromatic nitrogens is 1. The van der Waals surface area contributed by atoms with E-state index in [1.807, 2.05) is 25.1 Å². The third-order valence-electron chi connectivity index (χ3n) is 3.18. The Balaban J connectivity index is 1.77. The topological polar surface area (TPSA) is 97.8 Å². The molecule has 8 heteroatoms. The summed E-state index contributed by atoms with van der Waals surface area (Å²) >= 11 is 1.02. The van der Waals surface area contributed by atoms with Crippen LogP contribution in [0.3, 0.4) is 0 Å². The minimum Gasteiger partial charge on any atom is -0.490 e. The molecule has 2 N–H and O–H groups in total. The van der Waals surface area contributed by atoms with E-state index in [0.29, 0.717) is 42.0 Å². The lowest BCUT2D eigenvalue weighted by Gasteiger charge is -2.11. The molecule has 1 amide bonds. The molecule has 1 aromatic carbocycles. The summed E-state index contributed by atoms with van der Waals surface area (Å²) in [5.41, 5.74) is 0.427. The van der Waals surface area contributed by atoms with Gasteiger partial charge in [-0.3, -0.25) is 4.79 Å². The summed E-state index contributed by atoms with van der Waals surface area (Å²) in [5.74, 6) is 0.0337. The van der Waals surface area contributed by atoms with Crippen molar-refractivity contribution in [2.24, 2.45) is 0 Å². The Labute approximate surface area is 149 Å². The van der Waals surface area contributed by atoms with Crippen molar-refractivity contribution in [2.75, 3.05) is 19.8 Å². The first kappa shape index (κ1) is 18.7. The zero-order valence-electron chi connectivity index (χ0n) is 14.1. The SMILES string of the molecule is CCOc1ccccc1OCCNC(=O)Cc1nc(C)c(C(=O)O)s1. The number of ether oxygens (including phenoxy) is 2. The molecular formula is C17H20N2O5S. The highest BCUT2D eigenvalue weighted by atomic mass is 32.1. The molecule has 134 valence electrons. The number of benzene rings is 1. The van der Waals surface area contributed by atoms with Gasteiger partial charge in [0.25, 0.3) is 0 Å². The first-order valence-electron chi connectivity index (χ1n) is 7.82. The molecule has 0 saturated carbocycles. The van der Waals surface area contributed by atoms with Crippen LogP contribution in [0.4, 0.5) is 0 Å². The summed E-state index contributed by atoms with van der Waals surface area (Å²) in [5, 5.41) is 12.2. The highest BCUT2D eigenvalue weighted by Gasteiger charge is 2.15. The van der Waals surface area contributed by atoms with Crippen LogP contribution >= 0.6 is 11.3 Å². The monoisotopic (exact) mass is 364 g/mol. The highest BCUT2D eigenvalue weighted by molar-refractivity contribution is 7.13. The number of nitrogens with one attached hydrogen (secondary N) is 1. The number of carbonyl (C=O) groups is 2. The first-order chi connectivity index (χ1) is 12.0. The fraction of sp³-hybridized carbons (Fsp3) is 0.353. The first-order valence-corrected chi connectivity index (χ1v) is 8.63. The van der Waals surface area contributed by atoms with E-state index in [1.165, 1.54) is 0 Å². The lowest BCUT2D eigenvalue weighted by Crippen LogP contribution is -2.29. The summed E-state index contributed by atoms with van der Waals surface area (Å²) < 4.78 is 11.1. The Morgan fingerprint density at radius 2 is 1.92 bits per heavy atom. The Morgan fingerprint density at radius 3 is 2.52 bits per heavy atom. The Morgan fingerprint density at radius 1 is 1.24 bits per heavy atom. The fourth-order valence-corrected chi connectivity index (χ4v) is 3.02. The molecule has 0 bridgehead atoms. The second-order valence-electron chi connectivity index (χ2n) is 5.08. The molecule has 0 saturated heterocycles. The number of carboxylic acid groups (broad SMARTS) is 1. The predicted molar refractivity (Wildman–Crippen MR) is 93.6 cm³/mol. The van der Waals surface area contributed by atoms with E-state index in [4.69, 9.17) is 14.6 Å². The minimum absolute atomic E-state index is 0.0499. The van der Waals surface area contributed by atoms with E-state index in [1.54, 1.807) is 13.0 Å². The van der Waals surface area contributed by atoms with Crippen LogP contribution in [-0.2, 0) is 11.2 Å². The zero-order chi connectivity index (χ0) is 18.2. The van der Waals surface area contributed by atoms with Crippen molar-refractivity contribution in [3.05, 3.63) is 39.8 Å². The number of nitrogens with zero attached hydrogens (tertiary/aromatic N) is 1. The number of aryl methyl sites for hydroxylation is 1. The van der Waals surface area contributed by atoms with E-state index >= 15 is 0 Å². The van der Waals surface area contributed by atoms with Gasteiger partial charge in [-0.05, 0) is 26.0 Å². The third-order valence-corrected chi connectivity index (χ3v) is 4.32. The molecule has 2 rings (SSSR count). The number of amides is 1. The van der Waals surface area contributed by atoms with E-state index in [9.17, 15) is 9.59 Å². The van der Waals surface area contributed by atoms with Crippen LogP contribution in [-0.4, -0.2) is 41.7 Å². The van der Waals surface area contributed by atoms with Crippen molar-refractivity contribution in [1.29, 1.82) is 0 Å². The summed E-state index contributed by atoms with van der Waals surface area (Å²) in [6.07, 6.45) is 0.0499. The molecular weight excluding hydrogens is 344 g/mol. The highest BCUT2D eigenvalue weighted by Crippen LogP contribution is 2.26. The van der Waals surface area contributed by atoms with Crippen LogP contribution in [0, 0.1) is 6.92 Å². The Hall–Kier alpha value is -2.61. The Kier molecular flexibility index (Phi) is 6.76. The van der Waals surface area contributed by atoms with Gasteiger partial charge in [0.05, 0.1) is 25.3 Å². The lowest BCUT2D eigenvalue weighted by atomic mass is 10.3. The maximum atomic E-state index is 11.9. The van der Waals surface area contributed by atoms with Gasteiger partial charge in [-0.15, -0.1) is 11.3 Å². The van der Waals surface area contributed by atoms with Crippen molar-refractivity contribution in [3.8, 4) is 11.5 Å². The second kappa shape index (κ2) is 9.03. The molecule has 0 atom stereocenters. The molecule has 0 radical (unpaired) electrons. The van der Waals surface area contributed by atoms with Gasteiger partial charge in [0.1, 0.15) is 16.5 Å². The van der Waals surface area contributed by atoms with Crippen LogP contribution < -0.4 is 14.8 Å². The van der Waals surface area contributed by atoms with Gasteiger partial charge in [-0.1, -0.05) is 12.1 Å². The third kappa shape index (κ3) is 5.46. The van der Waals surface area contributed by atoms with Crippen LogP contribution in [0.25, 0.3) is 0 Å². The number of hydrogen-bond acceptors (Lipinski definition) is 6. The normalized spacial score (nSPS) is 10.3. The molecule has 2 aromatic rings. The molecule has 0 aliphatic heterocycles. The Bertz CT molecular complexity index is 744. The number of para-hydroxylation sites is 2. The standard InChI is InChI=1S/C17H20N2O5S/c1-3-23-12-6-4-5-7-13(12)24-9-8-18-14(20)10-15-19-11(2)16(25-15)17(21)22/h4-7H,3,8-10H2,1-2H3,(H,18,20)(H,21,22). The van der Waals surface area contributed by atoms with Gasteiger partial charge >= 0.3 is 5.97 Å². The average Bonchev–Trinajstić information content (AvgIpc) is 2.94. The number of carboxylic acids is 1. The number of thiazole rings is 1. The minimum atomic E-state index is -1.02. The molecule has 0 spiro atoms.